The van der Waals surface area contributed by atoms with E-state index in [0.717, 1.165) is 10.9 Å². The molecular weight excluding hydrogens is 322 g/mol. The van der Waals surface area contributed by atoms with E-state index < -0.39 is 0 Å². The molecule has 5 nitrogen and oxygen atoms in total. The molecule has 0 saturated heterocycles. The number of rotatable bonds is 5. The zero-order valence-electron chi connectivity index (χ0n) is 12.0. The smallest absolute Gasteiger partial charge is 0.256 e. The highest BCUT2D eigenvalue weighted by Crippen LogP contribution is 2.20. The van der Waals surface area contributed by atoms with Crippen molar-refractivity contribution in [2.24, 2.45) is 0 Å². The standard InChI is InChI=1S/C14H20BrN3O2/c1-4-7-18(9-13(19)17(2)3)14(20)11-6-5-10(15)8-12(11)16/h5-6,8H,4,7,9,16H2,1-3H3. The molecule has 2 amide bonds. The first-order valence-electron chi connectivity index (χ1n) is 6.41. The Morgan fingerprint density at radius 2 is 1.95 bits per heavy atom. The van der Waals surface area contributed by atoms with Crippen molar-refractivity contribution in [3.05, 3.63) is 28.2 Å². The molecule has 0 aliphatic rings. The summed E-state index contributed by atoms with van der Waals surface area (Å²) in [6.45, 7) is 2.55. The second-order valence-corrected chi connectivity index (χ2v) is 5.66. The molecule has 1 aromatic rings. The molecule has 0 unspecified atom stereocenters. The summed E-state index contributed by atoms with van der Waals surface area (Å²) in [5.74, 6) is -0.325. The maximum Gasteiger partial charge on any atom is 0.256 e. The Morgan fingerprint density at radius 3 is 2.45 bits per heavy atom. The number of hydrogen-bond donors (Lipinski definition) is 1. The predicted octanol–water partition coefficient (Wildman–Crippen LogP) is 1.97. The minimum Gasteiger partial charge on any atom is -0.398 e. The fraction of sp³-hybridized carbons (Fsp3) is 0.429. The van der Waals surface area contributed by atoms with E-state index >= 15 is 0 Å². The number of nitrogens with zero attached hydrogens (tertiary/aromatic N) is 2. The predicted molar refractivity (Wildman–Crippen MR) is 83.4 cm³/mol. The number of nitrogen functional groups attached to an aromatic ring is 1. The zero-order valence-corrected chi connectivity index (χ0v) is 13.6. The van der Waals surface area contributed by atoms with Gasteiger partial charge in [0, 0.05) is 30.8 Å². The topological polar surface area (TPSA) is 66.6 Å². The Balaban J connectivity index is 2.96. The molecule has 0 bridgehead atoms. The molecule has 0 spiro atoms. The molecule has 6 heteroatoms. The van der Waals surface area contributed by atoms with Gasteiger partial charge in [-0.2, -0.15) is 0 Å². The number of carbonyl (C=O) groups is 2. The number of amides is 2. The summed E-state index contributed by atoms with van der Waals surface area (Å²) in [5.41, 5.74) is 6.70. The number of likely N-dealkylation sites (N-methyl/N-ethyl adjacent to an activating group) is 1. The lowest BCUT2D eigenvalue weighted by Gasteiger charge is -2.24. The van der Waals surface area contributed by atoms with Gasteiger partial charge in [-0.25, -0.2) is 0 Å². The van der Waals surface area contributed by atoms with Crippen LogP contribution >= 0.6 is 15.9 Å². The van der Waals surface area contributed by atoms with Crippen molar-refractivity contribution < 1.29 is 9.59 Å². The molecule has 1 aromatic carbocycles. The van der Waals surface area contributed by atoms with E-state index in [1.54, 1.807) is 32.3 Å². The highest BCUT2D eigenvalue weighted by atomic mass is 79.9. The van der Waals surface area contributed by atoms with Crippen LogP contribution in [0.25, 0.3) is 0 Å². The summed E-state index contributed by atoms with van der Waals surface area (Å²) >= 11 is 3.31. The minimum absolute atomic E-state index is 0.0647. The fourth-order valence-corrected chi connectivity index (χ4v) is 2.10. The Bertz CT molecular complexity index is 503. The lowest BCUT2D eigenvalue weighted by atomic mass is 10.1. The van der Waals surface area contributed by atoms with Crippen LogP contribution in [0.2, 0.25) is 0 Å². The van der Waals surface area contributed by atoms with E-state index in [2.05, 4.69) is 15.9 Å². The number of carbonyl (C=O) groups excluding carboxylic acids is 2. The highest BCUT2D eigenvalue weighted by Gasteiger charge is 2.20. The van der Waals surface area contributed by atoms with Crippen molar-refractivity contribution in [1.82, 2.24) is 9.80 Å². The number of nitrogens with two attached hydrogens (primary N) is 1. The van der Waals surface area contributed by atoms with Gasteiger partial charge in [0.25, 0.3) is 5.91 Å². The number of anilines is 1. The second-order valence-electron chi connectivity index (χ2n) is 4.75. The van der Waals surface area contributed by atoms with Crippen molar-refractivity contribution in [3.8, 4) is 0 Å². The first-order chi connectivity index (χ1) is 9.36. The third-order valence-electron chi connectivity index (χ3n) is 2.85. The van der Waals surface area contributed by atoms with Gasteiger partial charge >= 0.3 is 0 Å². The largest absolute Gasteiger partial charge is 0.398 e. The average Bonchev–Trinajstić information content (AvgIpc) is 2.37. The molecule has 0 radical (unpaired) electrons. The van der Waals surface area contributed by atoms with Crippen LogP contribution < -0.4 is 5.73 Å². The van der Waals surface area contributed by atoms with Crippen molar-refractivity contribution >= 4 is 33.4 Å². The van der Waals surface area contributed by atoms with Gasteiger partial charge in [0.2, 0.25) is 5.91 Å². The normalized spacial score (nSPS) is 10.2. The van der Waals surface area contributed by atoms with Crippen LogP contribution in [0.4, 0.5) is 5.69 Å². The van der Waals surface area contributed by atoms with Crippen LogP contribution in [0, 0.1) is 0 Å². The first kappa shape index (κ1) is 16.5. The molecule has 0 aromatic heterocycles. The van der Waals surface area contributed by atoms with E-state index in [0.29, 0.717) is 17.8 Å². The zero-order chi connectivity index (χ0) is 15.3. The lowest BCUT2D eigenvalue weighted by molar-refractivity contribution is -0.129. The molecule has 0 aliphatic heterocycles. The van der Waals surface area contributed by atoms with Crippen LogP contribution in [0.3, 0.4) is 0 Å². The molecule has 0 aliphatic carbocycles. The molecule has 110 valence electrons. The van der Waals surface area contributed by atoms with Crippen molar-refractivity contribution in [1.29, 1.82) is 0 Å². The molecule has 0 fully saturated rings. The maximum absolute atomic E-state index is 12.5. The number of benzene rings is 1. The maximum atomic E-state index is 12.5. The van der Waals surface area contributed by atoms with Crippen molar-refractivity contribution in [3.63, 3.8) is 0 Å². The lowest BCUT2D eigenvalue weighted by Crippen LogP contribution is -2.40. The Kier molecular flexibility index (Phi) is 6.01. The Labute approximate surface area is 127 Å². The van der Waals surface area contributed by atoms with E-state index in [1.807, 2.05) is 6.92 Å². The van der Waals surface area contributed by atoms with E-state index in [4.69, 9.17) is 5.73 Å². The van der Waals surface area contributed by atoms with Gasteiger partial charge in [0.15, 0.2) is 0 Å². The third kappa shape index (κ3) is 4.23. The summed E-state index contributed by atoms with van der Waals surface area (Å²) in [6, 6.07) is 5.12. The molecular formula is C14H20BrN3O2. The molecule has 0 atom stereocenters. The number of halogens is 1. The number of hydrogen-bond acceptors (Lipinski definition) is 3. The van der Waals surface area contributed by atoms with Gasteiger partial charge in [-0.15, -0.1) is 0 Å². The van der Waals surface area contributed by atoms with Crippen molar-refractivity contribution in [2.45, 2.75) is 13.3 Å². The molecule has 0 heterocycles. The van der Waals surface area contributed by atoms with Gasteiger partial charge in [0.1, 0.15) is 6.54 Å². The van der Waals surface area contributed by atoms with Gasteiger partial charge in [0.05, 0.1) is 5.56 Å². The van der Waals surface area contributed by atoms with E-state index in [-0.39, 0.29) is 18.4 Å². The molecule has 0 saturated carbocycles. The first-order valence-corrected chi connectivity index (χ1v) is 7.20. The van der Waals surface area contributed by atoms with Crippen LogP contribution in [0.1, 0.15) is 23.7 Å². The summed E-state index contributed by atoms with van der Waals surface area (Å²) in [4.78, 5) is 27.3. The van der Waals surface area contributed by atoms with E-state index in [1.165, 1.54) is 9.80 Å². The minimum atomic E-state index is -0.216. The van der Waals surface area contributed by atoms with Crippen LogP contribution in [-0.4, -0.2) is 48.8 Å². The highest BCUT2D eigenvalue weighted by molar-refractivity contribution is 9.10. The van der Waals surface area contributed by atoms with Crippen molar-refractivity contribution in [2.75, 3.05) is 32.9 Å². The summed E-state index contributed by atoms with van der Waals surface area (Å²) in [7, 11) is 3.34. The van der Waals surface area contributed by atoms with Crippen LogP contribution in [0.5, 0.6) is 0 Å². The van der Waals surface area contributed by atoms with Gasteiger partial charge < -0.3 is 15.5 Å². The van der Waals surface area contributed by atoms with Gasteiger partial charge in [-0.05, 0) is 24.6 Å². The summed E-state index contributed by atoms with van der Waals surface area (Å²) in [6.07, 6.45) is 0.781. The molecule has 20 heavy (non-hydrogen) atoms. The van der Waals surface area contributed by atoms with E-state index in [9.17, 15) is 9.59 Å². The third-order valence-corrected chi connectivity index (χ3v) is 3.34. The molecule has 2 N–H and O–H groups in total. The fourth-order valence-electron chi connectivity index (χ4n) is 1.73. The SMILES string of the molecule is CCCN(CC(=O)N(C)C)C(=O)c1ccc(Br)cc1N. The Morgan fingerprint density at radius 1 is 1.30 bits per heavy atom. The quantitative estimate of drug-likeness (QED) is 0.832. The summed E-state index contributed by atoms with van der Waals surface area (Å²) < 4.78 is 0.818. The van der Waals surface area contributed by atoms with Crippen LogP contribution in [0.15, 0.2) is 22.7 Å². The van der Waals surface area contributed by atoms with Gasteiger partial charge in [-0.3, -0.25) is 9.59 Å². The Hall–Kier alpha value is -1.56. The summed E-state index contributed by atoms with van der Waals surface area (Å²) in [5, 5.41) is 0. The monoisotopic (exact) mass is 341 g/mol. The van der Waals surface area contributed by atoms with Gasteiger partial charge in [-0.1, -0.05) is 22.9 Å². The molecule has 1 rings (SSSR count). The van der Waals surface area contributed by atoms with Crippen LogP contribution in [-0.2, 0) is 4.79 Å². The second kappa shape index (κ2) is 7.28. The average molecular weight is 342 g/mol.